The lowest BCUT2D eigenvalue weighted by Gasteiger charge is -2.11. The highest BCUT2D eigenvalue weighted by atomic mass is 127. The van der Waals surface area contributed by atoms with Crippen LogP contribution in [0.1, 0.15) is 16.7 Å². The molecule has 3 rings (SSSR count). The Morgan fingerprint density at radius 3 is 2.24 bits per heavy atom. The van der Waals surface area contributed by atoms with Crippen LogP contribution >= 0.6 is 45.2 Å². The summed E-state index contributed by atoms with van der Waals surface area (Å²) in [5.41, 5.74) is 5.09. The molecular weight excluding hydrogens is 652 g/mol. The van der Waals surface area contributed by atoms with E-state index in [0.717, 1.165) is 35.3 Å². The number of hydrazone groups is 1. The van der Waals surface area contributed by atoms with Crippen LogP contribution in [-0.4, -0.2) is 24.2 Å². The summed E-state index contributed by atoms with van der Waals surface area (Å²) in [6.45, 7) is 0.291. The van der Waals surface area contributed by atoms with Crippen LogP contribution in [0, 0.1) is 17.3 Å². The second-order valence-corrected chi connectivity index (χ2v) is 9.17. The van der Waals surface area contributed by atoms with Gasteiger partial charge in [0.2, 0.25) is 5.91 Å². The van der Waals surface area contributed by atoms with Crippen LogP contribution < -0.4 is 14.9 Å². The molecule has 0 aliphatic heterocycles. The third-order valence-electron chi connectivity index (χ3n) is 4.48. The smallest absolute Gasteiger partial charge is 0.269 e. The normalized spacial score (nSPS) is 10.8. The minimum Gasteiger partial charge on any atom is -0.497 e. The van der Waals surface area contributed by atoms with Crippen LogP contribution in [-0.2, 0) is 17.8 Å². The number of carbonyl (C=O) groups excluding carboxylic acids is 1. The van der Waals surface area contributed by atoms with Crippen molar-refractivity contribution in [3.05, 3.63) is 94.6 Å². The Morgan fingerprint density at radius 1 is 1.06 bits per heavy atom. The first-order chi connectivity index (χ1) is 15.9. The van der Waals surface area contributed by atoms with Gasteiger partial charge in [0, 0.05) is 12.1 Å². The fourth-order valence-electron chi connectivity index (χ4n) is 2.81. The molecule has 10 heteroatoms. The van der Waals surface area contributed by atoms with Gasteiger partial charge in [-0.1, -0.05) is 12.1 Å². The minimum atomic E-state index is -0.432. The summed E-state index contributed by atoms with van der Waals surface area (Å²) >= 11 is 4.35. The van der Waals surface area contributed by atoms with E-state index in [-0.39, 0.29) is 18.0 Å². The van der Waals surface area contributed by atoms with Crippen LogP contribution in [0.5, 0.6) is 11.5 Å². The average Bonchev–Trinajstić information content (AvgIpc) is 2.79. The van der Waals surface area contributed by atoms with Gasteiger partial charge in [0.05, 0.1) is 31.8 Å². The fourth-order valence-corrected chi connectivity index (χ4v) is 4.94. The van der Waals surface area contributed by atoms with Crippen molar-refractivity contribution in [2.24, 2.45) is 5.10 Å². The van der Waals surface area contributed by atoms with E-state index in [2.05, 4.69) is 55.7 Å². The Bertz CT molecular complexity index is 1140. The number of carbonyl (C=O) groups is 1. The van der Waals surface area contributed by atoms with Crippen molar-refractivity contribution >= 4 is 63.0 Å². The molecule has 0 saturated carbocycles. The number of hydrogen-bond donors (Lipinski definition) is 1. The van der Waals surface area contributed by atoms with Crippen molar-refractivity contribution in [2.45, 2.75) is 13.0 Å². The van der Waals surface area contributed by atoms with E-state index in [1.54, 1.807) is 37.6 Å². The van der Waals surface area contributed by atoms with E-state index >= 15 is 0 Å². The molecule has 0 aromatic heterocycles. The zero-order valence-electron chi connectivity index (χ0n) is 17.5. The number of benzene rings is 3. The molecule has 170 valence electrons. The number of nitrogens with one attached hydrogen (secondary N) is 1. The van der Waals surface area contributed by atoms with Gasteiger partial charge in [-0.25, -0.2) is 5.43 Å². The van der Waals surface area contributed by atoms with E-state index in [9.17, 15) is 14.9 Å². The maximum absolute atomic E-state index is 12.1. The molecule has 0 radical (unpaired) electrons. The molecule has 1 amide bonds. The number of non-ortho nitro benzene ring substituents is 1. The zero-order chi connectivity index (χ0) is 23.8. The lowest BCUT2D eigenvalue weighted by atomic mass is 10.1. The summed E-state index contributed by atoms with van der Waals surface area (Å²) in [4.78, 5) is 22.4. The Kier molecular flexibility index (Phi) is 9.00. The predicted molar refractivity (Wildman–Crippen MR) is 142 cm³/mol. The summed E-state index contributed by atoms with van der Waals surface area (Å²) < 4.78 is 12.8. The van der Waals surface area contributed by atoms with Crippen molar-refractivity contribution in [1.29, 1.82) is 0 Å². The average molecular weight is 671 g/mol. The first-order valence-electron chi connectivity index (χ1n) is 9.65. The van der Waals surface area contributed by atoms with E-state index < -0.39 is 4.92 Å². The largest absolute Gasteiger partial charge is 0.497 e. The van der Waals surface area contributed by atoms with Gasteiger partial charge in [0.15, 0.2) is 0 Å². The van der Waals surface area contributed by atoms with Gasteiger partial charge >= 0.3 is 0 Å². The molecule has 3 aromatic rings. The predicted octanol–water partition coefficient (Wildman–Crippen LogP) is 5.08. The lowest BCUT2D eigenvalue weighted by Crippen LogP contribution is -2.19. The van der Waals surface area contributed by atoms with E-state index in [1.165, 1.54) is 12.1 Å². The zero-order valence-corrected chi connectivity index (χ0v) is 21.8. The highest BCUT2D eigenvalue weighted by Crippen LogP contribution is 2.29. The first-order valence-corrected chi connectivity index (χ1v) is 11.8. The maximum atomic E-state index is 12.1. The maximum Gasteiger partial charge on any atom is 0.269 e. The number of nitro benzene ring substituents is 1. The molecule has 0 fully saturated rings. The molecule has 0 aliphatic rings. The molecule has 0 bridgehead atoms. The van der Waals surface area contributed by atoms with Crippen LogP contribution in [0.2, 0.25) is 0 Å². The number of ether oxygens (including phenoxy) is 2. The second kappa shape index (κ2) is 11.9. The summed E-state index contributed by atoms with van der Waals surface area (Å²) in [5, 5.41) is 14.8. The van der Waals surface area contributed by atoms with Gasteiger partial charge in [0.25, 0.3) is 5.69 Å². The lowest BCUT2D eigenvalue weighted by molar-refractivity contribution is -0.384. The molecule has 0 saturated heterocycles. The Balaban J connectivity index is 1.56. The molecule has 8 nitrogen and oxygen atoms in total. The Labute approximate surface area is 217 Å². The molecule has 3 aromatic carbocycles. The van der Waals surface area contributed by atoms with Gasteiger partial charge in [0.1, 0.15) is 18.1 Å². The SMILES string of the molecule is COc1ccc(CC(=O)N/N=C\c2cc(I)c(OCc3ccc([N+](=O)[O-])cc3)c(I)c2)cc1. The van der Waals surface area contributed by atoms with Gasteiger partial charge in [-0.3, -0.25) is 14.9 Å². The van der Waals surface area contributed by atoms with Crippen molar-refractivity contribution in [1.82, 2.24) is 5.43 Å². The number of amides is 1. The van der Waals surface area contributed by atoms with Gasteiger partial charge in [-0.05, 0) is 98.3 Å². The van der Waals surface area contributed by atoms with Gasteiger partial charge in [-0.2, -0.15) is 5.10 Å². The van der Waals surface area contributed by atoms with E-state index in [4.69, 9.17) is 9.47 Å². The molecule has 0 spiro atoms. The van der Waals surface area contributed by atoms with E-state index in [1.807, 2.05) is 24.3 Å². The van der Waals surface area contributed by atoms with E-state index in [0.29, 0.717) is 6.61 Å². The molecule has 1 N–H and O–H groups in total. The molecule has 0 atom stereocenters. The van der Waals surface area contributed by atoms with Crippen molar-refractivity contribution in [2.75, 3.05) is 7.11 Å². The quantitative estimate of drug-likeness (QED) is 0.148. The van der Waals surface area contributed by atoms with Crippen LogP contribution in [0.25, 0.3) is 0 Å². The monoisotopic (exact) mass is 671 g/mol. The number of hydrogen-bond acceptors (Lipinski definition) is 6. The highest BCUT2D eigenvalue weighted by molar-refractivity contribution is 14.1. The standard InChI is InChI=1S/C23H19I2N3O5/c1-32-19-8-4-15(5-9-19)12-22(29)27-26-13-17-10-20(24)23(21(25)11-17)33-14-16-2-6-18(7-3-16)28(30)31/h2-11,13H,12,14H2,1H3,(H,27,29)/b26-13-. The Hall–Kier alpha value is -2.74. The fraction of sp³-hybridized carbons (Fsp3) is 0.130. The molecule has 0 heterocycles. The molecule has 33 heavy (non-hydrogen) atoms. The number of rotatable bonds is 9. The molecule has 0 aliphatic carbocycles. The van der Waals surface area contributed by atoms with Crippen LogP contribution in [0.3, 0.4) is 0 Å². The van der Waals surface area contributed by atoms with Crippen LogP contribution in [0.4, 0.5) is 5.69 Å². The first kappa shape index (κ1) is 24.9. The third kappa shape index (κ3) is 7.39. The second-order valence-electron chi connectivity index (χ2n) is 6.84. The minimum absolute atomic E-state index is 0.0441. The number of halogens is 2. The van der Waals surface area contributed by atoms with Gasteiger partial charge in [-0.15, -0.1) is 0 Å². The molecule has 0 unspecified atom stereocenters. The highest BCUT2D eigenvalue weighted by Gasteiger charge is 2.10. The third-order valence-corrected chi connectivity index (χ3v) is 6.08. The van der Waals surface area contributed by atoms with Crippen molar-refractivity contribution in [3.8, 4) is 11.5 Å². The molecular formula is C23H19I2N3O5. The number of nitro groups is 1. The van der Waals surface area contributed by atoms with Crippen LogP contribution in [0.15, 0.2) is 65.8 Å². The topological polar surface area (TPSA) is 103 Å². The van der Waals surface area contributed by atoms with Crippen molar-refractivity contribution in [3.63, 3.8) is 0 Å². The summed E-state index contributed by atoms with van der Waals surface area (Å²) in [7, 11) is 1.59. The summed E-state index contributed by atoms with van der Waals surface area (Å²) in [5.74, 6) is 1.24. The Morgan fingerprint density at radius 2 is 1.67 bits per heavy atom. The van der Waals surface area contributed by atoms with Gasteiger partial charge < -0.3 is 9.47 Å². The number of nitrogens with zero attached hydrogens (tertiary/aromatic N) is 2. The van der Waals surface area contributed by atoms with Crippen molar-refractivity contribution < 1.29 is 19.2 Å². The summed E-state index contributed by atoms with van der Waals surface area (Å²) in [6.07, 6.45) is 1.79. The summed E-state index contributed by atoms with van der Waals surface area (Å²) in [6, 6.07) is 17.3. The number of methoxy groups -OCH3 is 1.